The third-order valence-electron chi connectivity index (χ3n) is 10.3. The number of aromatic hydroxyl groups is 1. The monoisotopic (exact) mass is 768 g/mol. The molecule has 7 heteroatoms. The van der Waals surface area contributed by atoms with Crippen molar-refractivity contribution in [3.05, 3.63) is 245 Å². The van der Waals surface area contributed by atoms with Crippen molar-refractivity contribution < 1.29 is 19.8 Å². The van der Waals surface area contributed by atoms with Crippen LogP contribution < -0.4 is 10.6 Å². The number of carboxylic acids is 1. The predicted octanol–water partition coefficient (Wildman–Crippen LogP) is 9.18. The fourth-order valence-electron chi connectivity index (χ4n) is 7.58. The lowest BCUT2D eigenvalue weighted by Crippen LogP contribution is -2.58. The minimum absolute atomic E-state index is 0.0321. The summed E-state index contributed by atoms with van der Waals surface area (Å²) in [4.78, 5) is 28.0. The van der Waals surface area contributed by atoms with Gasteiger partial charge in [0, 0.05) is 12.2 Å². The second-order valence-electron chi connectivity index (χ2n) is 13.9. The van der Waals surface area contributed by atoms with Gasteiger partial charge in [0.2, 0.25) is 5.91 Å². The van der Waals surface area contributed by atoms with Gasteiger partial charge in [-0.2, -0.15) is 0 Å². The molecule has 57 heavy (non-hydrogen) atoms. The Kier molecular flexibility index (Phi) is 12.3. The van der Waals surface area contributed by atoms with Crippen LogP contribution in [0.2, 0.25) is 0 Å². The molecule has 0 aliphatic heterocycles. The molecule has 0 bridgehead atoms. The molecular weight excluding hydrogens is 725 g/mol. The fraction of sp³-hybridized carbons (Fsp3) is 0.120. The zero-order valence-electron chi connectivity index (χ0n) is 31.3. The van der Waals surface area contributed by atoms with Crippen LogP contribution >= 0.6 is 11.8 Å². The summed E-state index contributed by atoms with van der Waals surface area (Å²) >= 11 is 1.63. The number of hydrogen-bond donors (Lipinski definition) is 4. The highest BCUT2D eigenvalue weighted by Gasteiger charge is 2.43. The zero-order chi connectivity index (χ0) is 39.5. The number of carbonyl (C=O) groups is 2. The minimum atomic E-state index is -1.24. The molecule has 7 rings (SSSR count). The van der Waals surface area contributed by atoms with Gasteiger partial charge in [-0.05, 0) is 51.1 Å². The van der Waals surface area contributed by atoms with E-state index in [1.165, 1.54) is 12.1 Å². The van der Waals surface area contributed by atoms with Gasteiger partial charge < -0.3 is 15.5 Å². The molecule has 0 aliphatic rings. The quantitative estimate of drug-likeness (QED) is 0.0733. The molecule has 284 valence electrons. The molecular formula is C50H44N2O4S. The summed E-state index contributed by atoms with van der Waals surface area (Å²) in [5.74, 6) is -1.29. The number of carboxylic acid groups (broad SMARTS) is 1. The first kappa shape index (κ1) is 38.8. The van der Waals surface area contributed by atoms with Crippen LogP contribution in [-0.2, 0) is 26.3 Å². The van der Waals surface area contributed by atoms with E-state index in [4.69, 9.17) is 0 Å². The molecule has 0 heterocycles. The third-order valence-corrected chi connectivity index (χ3v) is 12.0. The van der Waals surface area contributed by atoms with Crippen molar-refractivity contribution >= 4 is 23.6 Å². The number of rotatable bonds is 16. The molecule has 1 amide bonds. The topological polar surface area (TPSA) is 98.7 Å². The minimum Gasteiger partial charge on any atom is -0.508 e. The summed E-state index contributed by atoms with van der Waals surface area (Å²) < 4.78 is -0.753. The van der Waals surface area contributed by atoms with Gasteiger partial charge in [0.1, 0.15) is 11.8 Å². The van der Waals surface area contributed by atoms with Crippen molar-refractivity contribution in [2.75, 3.05) is 5.75 Å². The Bertz CT molecular complexity index is 2140. The average Bonchev–Trinajstić information content (AvgIpc) is 3.27. The number of phenols is 1. The molecule has 7 aromatic carbocycles. The normalized spacial score (nSPS) is 12.6. The molecule has 7 aromatic rings. The van der Waals surface area contributed by atoms with E-state index in [-0.39, 0.29) is 17.9 Å². The summed E-state index contributed by atoms with van der Waals surface area (Å²) in [6.45, 7) is 0. The summed E-state index contributed by atoms with van der Waals surface area (Å²) in [6.07, 6.45) is 0.0321. The highest BCUT2D eigenvalue weighted by molar-refractivity contribution is 8.00. The molecule has 4 N–H and O–H groups in total. The number of hydrogen-bond acceptors (Lipinski definition) is 5. The Hall–Kier alpha value is -6.41. The van der Waals surface area contributed by atoms with Gasteiger partial charge in [-0.25, -0.2) is 4.79 Å². The van der Waals surface area contributed by atoms with E-state index in [9.17, 15) is 15.0 Å². The number of thioether (sulfide) groups is 1. The van der Waals surface area contributed by atoms with E-state index in [2.05, 4.69) is 83.4 Å². The van der Waals surface area contributed by atoms with Gasteiger partial charge in [-0.3, -0.25) is 10.1 Å². The molecule has 2 atom stereocenters. The van der Waals surface area contributed by atoms with Crippen LogP contribution in [0.5, 0.6) is 5.75 Å². The number of phenolic OH excluding ortho intramolecular Hbond substituents is 1. The van der Waals surface area contributed by atoms with E-state index in [0.717, 1.165) is 33.4 Å². The molecule has 0 aromatic heterocycles. The van der Waals surface area contributed by atoms with Crippen LogP contribution in [-0.4, -0.2) is 39.9 Å². The molecule has 6 nitrogen and oxygen atoms in total. The zero-order valence-corrected chi connectivity index (χ0v) is 32.1. The summed E-state index contributed by atoms with van der Waals surface area (Å²) in [5, 5.41) is 27.2. The van der Waals surface area contributed by atoms with Gasteiger partial charge in [0.15, 0.2) is 0 Å². The molecule has 0 spiro atoms. The molecule has 0 radical (unpaired) electrons. The van der Waals surface area contributed by atoms with Crippen LogP contribution in [0.15, 0.2) is 206 Å². The number of amides is 1. The standard InChI is InChI=1S/C50H44N2O4S/c53-44-33-31-37(32-34-44)35-45(48(55)56)51-47(54)46(52-49(38-19-7-1-8-20-38,39-21-9-2-10-22-39)40-23-11-3-12-24-40)36-57-50(41-25-13-4-14-26-41,42-27-15-5-16-28-42)43-29-17-6-18-30-43/h1-34,45-46,52-53H,35-36H2,(H,51,54)(H,55,56)/t45-,46-/m0/s1. The average molecular weight is 769 g/mol. The highest BCUT2D eigenvalue weighted by Crippen LogP contribution is 2.49. The SMILES string of the molecule is O=C(O)[C@H](Cc1ccc(O)cc1)NC(=O)[C@H](CSC(c1ccccc1)(c1ccccc1)c1ccccc1)NC(c1ccccc1)(c1ccccc1)c1ccccc1. The van der Waals surface area contributed by atoms with Crippen LogP contribution in [0.3, 0.4) is 0 Å². The van der Waals surface area contributed by atoms with Crippen LogP contribution in [0.25, 0.3) is 0 Å². The Morgan fingerprint density at radius 3 is 1.19 bits per heavy atom. The molecule has 0 fully saturated rings. The van der Waals surface area contributed by atoms with Crippen molar-refractivity contribution in [2.45, 2.75) is 28.8 Å². The third kappa shape index (κ3) is 8.55. The van der Waals surface area contributed by atoms with Crippen molar-refractivity contribution in [1.29, 1.82) is 0 Å². The number of benzene rings is 7. The largest absolute Gasteiger partial charge is 0.508 e. The lowest BCUT2D eigenvalue weighted by Gasteiger charge is -2.41. The fourth-order valence-corrected chi connectivity index (χ4v) is 9.14. The summed E-state index contributed by atoms with van der Waals surface area (Å²) in [6, 6.07) is 65.3. The van der Waals surface area contributed by atoms with Crippen LogP contribution in [0.4, 0.5) is 0 Å². The van der Waals surface area contributed by atoms with Gasteiger partial charge in [0.25, 0.3) is 0 Å². The Balaban J connectivity index is 1.39. The smallest absolute Gasteiger partial charge is 0.326 e. The lowest BCUT2D eigenvalue weighted by atomic mass is 9.76. The van der Waals surface area contributed by atoms with E-state index in [0.29, 0.717) is 5.56 Å². The lowest BCUT2D eigenvalue weighted by molar-refractivity contribution is -0.142. The summed E-state index contributed by atoms with van der Waals surface area (Å²) in [7, 11) is 0. The van der Waals surface area contributed by atoms with Crippen molar-refractivity contribution in [1.82, 2.24) is 10.6 Å². The first-order valence-electron chi connectivity index (χ1n) is 19.0. The number of nitrogens with one attached hydrogen (secondary N) is 2. The van der Waals surface area contributed by atoms with Crippen LogP contribution in [0.1, 0.15) is 38.9 Å². The van der Waals surface area contributed by atoms with Crippen molar-refractivity contribution in [3.8, 4) is 5.75 Å². The van der Waals surface area contributed by atoms with E-state index in [1.807, 2.05) is 109 Å². The Morgan fingerprint density at radius 2 is 0.842 bits per heavy atom. The van der Waals surface area contributed by atoms with E-state index in [1.54, 1.807) is 23.9 Å². The Morgan fingerprint density at radius 1 is 0.491 bits per heavy atom. The first-order chi connectivity index (χ1) is 27.9. The van der Waals surface area contributed by atoms with Crippen molar-refractivity contribution in [3.63, 3.8) is 0 Å². The first-order valence-corrected chi connectivity index (χ1v) is 19.9. The maximum absolute atomic E-state index is 15.1. The predicted molar refractivity (Wildman–Crippen MR) is 229 cm³/mol. The summed E-state index contributed by atoms with van der Waals surface area (Å²) in [5.41, 5.74) is 5.53. The van der Waals surface area contributed by atoms with Gasteiger partial charge in [0.05, 0.1) is 16.3 Å². The van der Waals surface area contributed by atoms with Gasteiger partial charge in [-0.1, -0.05) is 194 Å². The number of aliphatic carboxylic acids is 1. The van der Waals surface area contributed by atoms with Gasteiger partial charge in [-0.15, -0.1) is 11.8 Å². The maximum atomic E-state index is 15.1. The molecule has 0 aliphatic carbocycles. The molecule has 0 saturated carbocycles. The highest BCUT2D eigenvalue weighted by atomic mass is 32.2. The number of carbonyl (C=O) groups excluding carboxylic acids is 1. The van der Waals surface area contributed by atoms with E-state index < -0.39 is 34.2 Å². The molecule has 0 saturated heterocycles. The molecule has 0 unspecified atom stereocenters. The van der Waals surface area contributed by atoms with Crippen molar-refractivity contribution in [2.24, 2.45) is 0 Å². The second-order valence-corrected chi connectivity index (χ2v) is 15.1. The van der Waals surface area contributed by atoms with Crippen LogP contribution in [0, 0.1) is 0 Å². The second kappa shape index (κ2) is 18.0. The Labute approximate surface area is 338 Å². The van der Waals surface area contributed by atoms with Gasteiger partial charge >= 0.3 is 5.97 Å². The maximum Gasteiger partial charge on any atom is 0.326 e. The van der Waals surface area contributed by atoms with E-state index >= 15 is 4.79 Å².